The fraction of sp³-hybridized carbons (Fsp3) is 0.375. The van der Waals surface area contributed by atoms with Gasteiger partial charge in [-0.3, -0.25) is 0 Å². The normalized spacial score (nSPS) is 21.7. The fourth-order valence-corrected chi connectivity index (χ4v) is 3.63. The van der Waals surface area contributed by atoms with Crippen LogP contribution in [-0.2, 0) is 16.6 Å². The maximum Gasteiger partial charge on any atom is 0.243 e. The third-order valence-corrected chi connectivity index (χ3v) is 5.80. The monoisotopic (exact) mass is 305 g/mol. The van der Waals surface area contributed by atoms with E-state index >= 15 is 0 Å². The van der Waals surface area contributed by atoms with Crippen molar-refractivity contribution in [3.8, 4) is 0 Å². The Morgan fingerprint density at radius 1 is 1.19 bits per heavy atom. The molecular weight excluding hydrogens is 286 g/mol. The van der Waals surface area contributed by atoms with Gasteiger partial charge in [-0.1, -0.05) is 25.1 Å². The molecule has 3 rings (SSSR count). The van der Waals surface area contributed by atoms with Gasteiger partial charge in [-0.05, 0) is 36.6 Å². The summed E-state index contributed by atoms with van der Waals surface area (Å²) in [6, 6.07) is 12.3. The molecular formula is C16H19NO3S. The molecule has 1 aromatic carbocycles. The van der Waals surface area contributed by atoms with Crippen molar-refractivity contribution in [3.05, 3.63) is 54.0 Å². The summed E-state index contributed by atoms with van der Waals surface area (Å²) in [5.74, 6) is 2.85. The van der Waals surface area contributed by atoms with Crippen LogP contribution in [0.1, 0.15) is 30.8 Å². The maximum atomic E-state index is 12.4. The number of sulfonamides is 1. The predicted molar refractivity (Wildman–Crippen MR) is 80.3 cm³/mol. The average molecular weight is 305 g/mol. The Balaban J connectivity index is 1.74. The van der Waals surface area contributed by atoms with Crippen LogP contribution in [0.4, 0.5) is 0 Å². The predicted octanol–water partition coefficient (Wildman–Crippen LogP) is 3.22. The molecule has 0 bridgehead atoms. The molecule has 0 amide bonds. The van der Waals surface area contributed by atoms with E-state index in [2.05, 4.69) is 6.92 Å². The molecule has 0 aliphatic heterocycles. The van der Waals surface area contributed by atoms with Gasteiger partial charge < -0.3 is 4.42 Å². The van der Waals surface area contributed by atoms with Crippen molar-refractivity contribution in [1.29, 1.82) is 0 Å². The Hall–Kier alpha value is -1.59. The van der Waals surface area contributed by atoms with E-state index < -0.39 is 10.0 Å². The van der Waals surface area contributed by atoms with Crippen molar-refractivity contribution in [3.63, 3.8) is 0 Å². The second-order valence-corrected chi connectivity index (χ2v) is 7.74. The molecule has 1 saturated carbocycles. The molecule has 0 spiro atoms. The van der Waals surface area contributed by atoms with Gasteiger partial charge in [0, 0.05) is 13.0 Å². The minimum Gasteiger partial charge on any atom is -0.464 e. The van der Waals surface area contributed by atoms with Crippen LogP contribution in [-0.4, -0.2) is 19.8 Å². The lowest BCUT2D eigenvalue weighted by Crippen LogP contribution is -2.26. The molecule has 0 radical (unpaired) electrons. The minimum absolute atomic E-state index is 0.248. The van der Waals surface area contributed by atoms with Crippen molar-refractivity contribution in [2.45, 2.75) is 30.7 Å². The average Bonchev–Trinajstić information content (AvgIpc) is 3.02. The van der Waals surface area contributed by atoms with Crippen LogP contribution in [0.3, 0.4) is 0 Å². The molecule has 2 atom stereocenters. The highest BCUT2D eigenvalue weighted by molar-refractivity contribution is 7.89. The van der Waals surface area contributed by atoms with Crippen molar-refractivity contribution >= 4 is 10.0 Å². The Morgan fingerprint density at radius 3 is 2.48 bits per heavy atom. The minimum atomic E-state index is -3.47. The van der Waals surface area contributed by atoms with E-state index in [9.17, 15) is 8.42 Å². The molecule has 5 heteroatoms. The summed E-state index contributed by atoms with van der Waals surface area (Å²) in [6.45, 7) is 2.44. The molecule has 0 saturated heterocycles. The molecule has 112 valence electrons. The largest absolute Gasteiger partial charge is 0.464 e. The maximum absolute atomic E-state index is 12.4. The van der Waals surface area contributed by atoms with Gasteiger partial charge in [0.15, 0.2) is 0 Å². The summed E-state index contributed by atoms with van der Waals surface area (Å²) >= 11 is 0. The van der Waals surface area contributed by atoms with Gasteiger partial charge in [-0.25, -0.2) is 8.42 Å². The molecule has 4 nitrogen and oxygen atoms in total. The topological polar surface area (TPSA) is 50.5 Å². The Morgan fingerprint density at radius 2 is 1.86 bits per heavy atom. The number of rotatable bonds is 5. The first-order chi connectivity index (χ1) is 9.98. The van der Waals surface area contributed by atoms with Gasteiger partial charge in [-0.15, -0.1) is 0 Å². The van der Waals surface area contributed by atoms with Crippen LogP contribution in [0.5, 0.6) is 0 Å². The lowest BCUT2D eigenvalue weighted by atomic mass is 10.3. The Kier molecular flexibility index (Phi) is 3.63. The number of hydrogen-bond acceptors (Lipinski definition) is 3. The molecule has 1 aromatic heterocycles. The lowest BCUT2D eigenvalue weighted by molar-refractivity contribution is 0.390. The van der Waals surface area contributed by atoms with E-state index in [1.54, 1.807) is 37.4 Å². The van der Waals surface area contributed by atoms with Crippen molar-refractivity contribution in [2.75, 3.05) is 7.05 Å². The number of benzene rings is 1. The van der Waals surface area contributed by atoms with Gasteiger partial charge in [0.05, 0.1) is 11.4 Å². The zero-order valence-corrected chi connectivity index (χ0v) is 13.0. The standard InChI is InChI=1S/C16H19NO3S/c1-12-10-15(12)16-9-8-13(20-16)11-17(2)21(18,19)14-6-4-3-5-7-14/h3-9,12,15H,10-11H2,1-2H3. The third-order valence-electron chi connectivity index (χ3n) is 3.99. The summed E-state index contributed by atoms with van der Waals surface area (Å²) in [5, 5.41) is 0. The second kappa shape index (κ2) is 5.31. The molecule has 1 fully saturated rings. The molecule has 1 heterocycles. The van der Waals surface area contributed by atoms with Gasteiger partial charge in [0.1, 0.15) is 11.5 Å². The summed E-state index contributed by atoms with van der Waals surface area (Å²) in [6.07, 6.45) is 1.16. The van der Waals surface area contributed by atoms with Crippen LogP contribution in [0, 0.1) is 5.92 Å². The van der Waals surface area contributed by atoms with Crippen LogP contribution < -0.4 is 0 Å². The Bertz CT molecular complexity index is 721. The van der Waals surface area contributed by atoms with E-state index in [-0.39, 0.29) is 6.54 Å². The molecule has 2 aromatic rings. The van der Waals surface area contributed by atoms with E-state index in [0.717, 1.165) is 12.2 Å². The first kappa shape index (κ1) is 14.4. The summed E-state index contributed by atoms with van der Waals surface area (Å²) < 4.78 is 31.9. The van der Waals surface area contributed by atoms with E-state index in [0.29, 0.717) is 22.5 Å². The number of hydrogen-bond donors (Lipinski definition) is 0. The Labute approximate surface area is 125 Å². The highest BCUT2D eigenvalue weighted by Gasteiger charge is 2.36. The third kappa shape index (κ3) is 2.89. The van der Waals surface area contributed by atoms with E-state index in [1.165, 1.54) is 4.31 Å². The van der Waals surface area contributed by atoms with Gasteiger partial charge in [-0.2, -0.15) is 4.31 Å². The highest BCUT2D eigenvalue weighted by atomic mass is 32.2. The van der Waals surface area contributed by atoms with Crippen LogP contribution in [0.25, 0.3) is 0 Å². The molecule has 2 unspecified atom stereocenters. The summed E-state index contributed by atoms with van der Waals surface area (Å²) in [7, 11) is -1.90. The van der Waals surface area contributed by atoms with Gasteiger partial charge >= 0.3 is 0 Å². The molecule has 1 aliphatic rings. The second-order valence-electron chi connectivity index (χ2n) is 5.70. The van der Waals surface area contributed by atoms with Crippen LogP contribution >= 0.6 is 0 Å². The first-order valence-electron chi connectivity index (χ1n) is 7.08. The number of nitrogens with zero attached hydrogens (tertiary/aromatic N) is 1. The fourth-order valence-electron chi connectivity index (χ4n) is 2.47. The highest BCUT2D eigenvalue weighted by Crippen LogP contribution is 2.47. The number of furan rings is 1. The first-order valence-corrected chi connectivity index (χ1v) is 8.52. The van der Waals surface area contributed by atoms with Crippen molar-refractivity contribution in [2.24, 2.45) is 5.92 Å². The molecule has 21 heavy (non-hydrogen) atoms. The SMILES string of the molecule is CC1CC1c1ccc(CN(C)S(=O)(=O)c2ccccc2)o1. The molecule has 0 N–H and O–H groups in total. The van der Waals surface area contributed by atoms with Crippen molar-refractivity contribution < 1.29 is 12.8 Å². The molecule has 1 aliphatic carbocycles. The van der Waals surface area contributed by atoms with Crippen LogP contribution in [0.15, 0.2) is 51.8 Å². The van der Waals surface area contributed by atoms with Crippen molar-refractivity contribution in [1.82, 2.24) is 4.31 Å². The zero-order valence-electron chi connectivity index (χ0n) is 12.2. The van der Waals surface area contributed by atoms with E-state index in [4.69, 9.17) is 4.42 Å². The lowest BCUT2D eigenvalue weighted by Gasteiger charge is -2.15. The summed E-state index contributed by atoms with van der Waals surface area (Å²) in [5.41, 5.74) is 0. The van der Waals surface area contributed by atoms with E-state index in [1.807, 2.05) is 12.1 Å². The van der Waals surface area contributed by atoms with Gasteiger partial charge in [0.25, 0.3) is 0 Å². The summed E-state index contributed by atoms with van der Waals surface area (Å²) in [4.78, 5) is 0.301. The van der Waals surface area contributed by atoms with Gasteiger partial charge in [0.2, 0.25) is 10.0 Å². The smallest absolute Gasteiger partial charge is 0.243 e. The van der Waals surface area contributed by atoms with Crippen LogP contribution in [0.2, 0.25) is 0 Å². The quantitative estimate of drug-likeness (QED) is 0.852. The zero-order chi connectivity index (χ0) is 15.0.